The monoisotopic (exact) mass is 132 g/mol. The summed E-state index contributed by atoms with van der Waals surface area (Å²) in [5.41, 5.74) is 1.10. The van der Waals surface area contributed by atoms with Crippen LogP contribution in [0.15, 0.2) is 12.4 Å². The largest absolute Gasteiger partial charge is 0.211 e. The van der Waals surface area contributed by atoms with Gasteiger partial charge in [-0.05, 0) is 6.07 Å². The van der Waals surface area contributed by atoms with Crippen molar-refractivity contribution in [3.8, 4) is 0 Å². The predicted octanol–water partition coefficient (Wildman–Crippen LogP) is -0.385. The molecular formula is C5H2N5. The molecule has 0 amide bonds. The van der Waals surface area contributed by atoms with Gasteiger partial charge in [-0.25, -0.2) is 4.98 Å². The van der Waals surface area contributed by atoms with E-state index < -0.39 is 0 Å². The Labute approximate surface area is 56.1 Å². The maximum Gasteiger partial charge on any atom is 0.203 e. The van der Waals surface area contributed by atoms with E-state index in [1.165, 1.54) is 6.33 Å². The average molecular weight is 132 g/mol. The Morgan fingerprint density at radius 2 is 2.30 bits per heavy atom. The molecule has 5 nitrogen and oxygen atoms in total. The lowest BCUT2D eigenvalue weighted by Crippen LogP contribution is -1.90. The third-order valence-corrected chi connectivity index (χ3v) is 1.03. The van der Waals surface area contributed by atoms with Crippen molar-refractivity contribution < 1.29 is 0 Å². The van der Waals surface area contributed by atoms with Crippen molar-refractivity contribution in [2.24, 2.45) is 0 Å². The van der Waals surface area contributed by atoms with Crippen molar-refractivity contribution >= 4 is 11.2 Å². The number of hydrogen-bond donors (Lipinski definition) is 0. The zero-order valence-electron chi connectivity index (χ0n) is 4.89. The highest BCUT2D eigenvalue weighted by Gasteiger charge is 1.92. The lowest BCUT2D eigenvalue weighted by atomic mass is 10.5. The van der Waals surface area contributed by atoms with Gasteiger partial charge in [-0.3, -0.25) is 0 Å². The number of nitrogens with zero attached hydrogens (tertiary/aromatic N) is 5. The maximum atomic E-state index is 3.81. The highest BCUT2D eigenvalue weighted by atomic mass is 15.2. The minimum absolute atomic E-state index is 0.494. The Kier molecular flexibility index (Phi) is 1.00. The molecular weight excluding hydrogens is 130 g/mol. The van der Waals surface area contributed by atoms with Crippen LogP contribution < -0.4 is 0 Å². The van der Waals surface area contributed by atoms with Crippen LogP contribution in [0.25, 0.3) is 11.2 Å². The molecule has 0 N–H and O–H groups in total. The topological polar surface area (TPSA) is 64.5 Å². The summed E-state index contributed by atoms with van der Waals surface area (Å²) >= 11 is 0. The van der Waals surface area contributed by atoms with Crippen LogP contribution in [0.2, 0.25) is 0 Å². The van der Waals surface area contributed by atoms with E-state index in [0.29, 0.717) is 11.2 Å². The van der Waals surface area contributed by atoms with Crippen LogP contribution in [-0.4, -0.2) is 25.4 Å². The molecule has 2 aromatic heterocycles. The molecule has 0 aliphatic carbocycles. The van der Waals surface area contributed by atoms with Gasteiger partial charge in [0.25, 0.3) is 0 Å². The van der Waals surface area contributed by atoms with E-state index in [1.807, 2.05) is 0 Å². The van der Waals surface area contributed by atoms with Crippen LogP contribution in [0.5, 0.6) is 0 Å². The molecule has 47 valence electrons. The highest BCUT2D eigenvalue weighted by molar-refractivity contribution is 5.66. The van der Waals surface area contributed by atoms with Crippen LogP contribution in [0.3, 0.4) is 0 Å². The Hall–Kier alpha value is -1.65. The second-order valence-electron chi connectivity index (χ2n) is 1.64. The van der Waals surface area contributed by atoms with E-state index in [2.05, 4.69) is 31.6 Å². The summed E-state index contributed by atoms with van der Waals surface area (Å²) in [7, 11) is 0. The van der Waals surface area contributed by atoms with E-state index in [4.69, 9.17) is 0 Å². The highest BCUT2D eigenvalue weighted by Crippen LogP contribution is 1.96. The van der Waals surface area contributed by atoms with Crippen LogP contribution in [-0.2, 0) is 0 Å². The van der Waals surface area contributed by atoms with E-state index >= 15 is 0 Å². The first-order chi connectivity index (χ1) is 4.97. The van der Waals surface area contributed by atoms with Crippen LogP contribution in [0.1, 0.15) is 0 Å². The first-order valence-electron chi connectivity index (χ1n) is 2.64. The normalized spacial score (nSPS) is 10.0. The summed E-state index contributed by atoms with van der Waals surface area (Å²) in [5, 5.41) is 14.5. The van der Waals surface area contributed by atoms with Crippen molar-refractivity contribution in [3.63, 3.8) is 0 Å². The third kappa shape index (κ3) is 0.680. The summed E-state index contributed by atoms with van der Waals surface area (Å²) in [6, 6.07) is 1.59. The summed E-state index contributed by atoms with van der Waals surface area (Å²) < 4.78 is 0. The second kappa shape index (κ2) is 1.94. The number of aromatic nitrogens is 5. The van der Waals surface area contributed by atoms with Crippen molar-refractivity contribution in [1.82, 2.24) is 25.4 Å². The quantitative estimate of drug-likeness (QED) is 0.488. The zero-order chi connectivity index (χ0) is 6.81. The lowest BCUT2D eigenvalue weighted by Gasteiger charge is -1.86. The van der Waals surface area contributed by atoms with Crippen molar-refractivity contribution in [3.05, 3.63) is 18.6 Å². The van der Waals surface area contributed by atoms with E-state index in [9.17, 15) is 0 Å². The van der Waals surface area contributed by atoms with Gasteiger partial charge in [-0.15, -0.1) is 20.4 Å². The van der Waals surface area contributed by atoms with Crippen LogP contribution in [0.4, 0.5) is 0 Å². The molecule has 0 saturated carbocycles. The van der Waals surface area contributed by atoms with Gasteiger partial charge < -0.3 is 0 Å². The summed E-state index contributed by atoms with van der Waals surface area (Å²) in [6.45, 7) is 0. The zero-order valence-corrected chi connectivity index (χ0v) is 4.89. The first kappa shape index (κ1) is 5.16. The van der Waals surface area contributed by atoms with Gasteiger partial charge in [0.15, 0.2) is 0 Å². The van der Waals surface area contributed by atoms with E-state index in [-0.39, 0.29) is 0 Å². The fraction of sp³-hybridized carbons (Fsp3) is 0. The smallest absolute Gasteiger partial charge is 0.203 e. The van der Waals surface area contributed by atoms with Crippen LogP contribution >= 0.6 is 0 Å². The maximum absolute atomic E-state index is 3.81. The molecule has 0 aliphatic heterocycles. The molecule has 0 aromatic carbocycles. The Morgan fingerprint density at radius 1 is 1.30 bits per heavy atom. The number of rotatable bonds is 0. The van der Waals surface area contributed by atoms with Gasteiger partial charge in [0.1, 0.15) is 18.0 Å². The molecule has 2 aromatic rings. The number of hydrogen-bond acceptors (Lipinski definition) is 5. The first-order valence-corrected chi connectivity index (χ1v) is 2.64. The molecule has 10 heavy (non-hydrogen) atoms. The van der Waals surface area contributed by atoms with Crippen LogP contribution in [0, 0.1) is 6.20 Å². The molecule has 0 atom stereocenters. The van der Waals surface area contributed by atoms with E-state index in [1.54, 1.807) is 6.07 Å². The molecule has 2 heterocycles. The van der Waals surface area contributed by atoms with Crippen molar-refractivity contribution in [2.75, 3.05) is 0 Å². The predicted molar refractivity (Wildman–Crippen MR) is 31.8 cm³/mol. The van der Waals surface area contributed by atoms with Gasteiger partial charge in [0, 0.05) is 0 Å². The third-order valence-electron chi connectivity index (χ3n) is 1.03. The molecule has 2 rings (SSSR count). The number of fused-ring (bicyclic) bond motifs is 1. The molecule has 0 bridgehead atoms. The Morgan fingerprint density at radius 3 is 3.20 bits per heavy atom. The van der Waals surface area contributed by atoms with Gasteiger partial charge in [0.05, 0.1) is 0 Å². The molecule has 0 saturated heterocycles. The molecule has 0 spiro atoms. The molecule has 0 fully saturated rings. The second-order valence-corrected chi connectivity index (χ2v) is 1.64. The summed E-state index contributed by atoms with van der Waals surface area (Å²) in [5.74, 6) is 0. The molecule has 5 heteroatoms. The summed E-state index contributed by atoms with van der Waals surface area (Å²) in [6.07, 6.45) is 3.86. The summed E-state index contributed by atoms with van der Waals surface area (Å²) in [4.78, 5) is 3.81. The molecule has 0 aliphatic rings. The fourth-order valence-corrected chi connectivity index (χ4v) is 0.616. The van der Waals surface area contributed by atoms with Crippen molar-refractivity contribution in [2.45, 2.75) is 0 Å². The Bertz CT molecular complexity index is 281. The van der Waals surface area contributed by atoms with Gasteiger partial charge in [-0.1, -0.05) is 0 Å². The fourth-order valence-electron chi connectivity index (χ4n) is 0.616. The molecule has 1 radical (unpaired) electrons. The SMILES string of the molecule is [c]1cc2nncnc2nn1. The molecule has 0 unspecified atom stereocenters. The lowest BCUT2D eigenvalue weighted by molar-refractivity contribution is 0.967. The van der Waals surface area contributed by atoms with Gasteiger partial charge in [-0.2, -0.15) is 0 Å². The average Bonchev–Trinajstić information content (AvgIpc) is 2.05. The van der Waals surface area contributed by atoms with E-state index in [0.717, 1.165) is 0 Å². The Balaban J connectivity index is 2.89. The van der Waals surface area contributed by atoms with Gasteiger partial charge in [0.2, 0.25) is 5.65 Å². The van der Waals surface area contributed by atoms with Crippen molar-refractivity contribution in [1.29, 1.82) is 0 Å². The standard InChI is InChI=1S/C5H2N5/c1-2-7-10-5-4(1)9-8-3-6-5/h1,3H. The minimum atomic E-state index is 0.494. The minimum Gasteiger partial charge on any atom is -0.211 e. The van der Waals surface area contributed by atoms with Gasteiger partial charge >= 0.3 is 0 Å².